The molecule has 0 unspecified atom stereocenters. The van der Waals surface area contributed by atoms with Gasteiger partial charge in [-0.3, -0.25) is 0 Å². The second kappa shape index (κ2) is 11.6. The van der Waals surface area contributed by atoms with E-state index in [1.54, 1.807) is 0 Å². The van der Waals surface area contributed by atoms with Crippen LogP contribution in [-0.4, -0.2) is 9.55 Å². The number of rotatable bonds is 13. The van der Waals surface area contributed by atoms with Crippen LogP contribution >= 0.6 is 0 Å². The van der Waals surface area contributed by atoms with Crippen molar-refractivity contribution in [2.75, 3.05) is 5.73 Å². The first kappa shape index (κ1) is 18.1. The molecule has 1 aromatic rings. The van der Waals surface area contributed by atoms with Gasteiger partial charge in [-0.05, 0) is 12.8 Å². The fraction of sp³-hybridized carbons (Fsp3) is 0.833. The molecule has 0 atom stereocenters. The Hall–Kier alpha value is -0.990. The van der Waals surface area contributed by atoms with Gasteiger partial charge in [-0.15, -0.1) is 0 Å². The van der Waals surface area contributed by atoms with Gasteiger partial charge >= 0.3 is 0 Å². The zero-order chi connectivity index (χ0) is 15.3. The molecule has 122 valence electrons. The van der Waals surface area contributed by atoms with E-state index in [4.69, 9.17) is 5.73 Å². The summed E-state index contributed by atoms with van der Waals surface area (Å²) in [7, 11) is 0. The molecule has 1 aromatic heterocycles. The summed E-state index contributed by atoms with van der Waals surface area (Å²) < 4.78 is 2.19. The van der Waals surface area contributed by atoms with Crippen molar-refractivity contribution in [1.82, 2.24) is 9.55 Å². The minimum absolute atomic E-state index is 0.552. The highest BCUT2D eigenvalue weighted by Crippen LogP contribution is 2.25. The largest absolute Gasteiger partial charge is 0.369 e. The van der Waals surface area contributed by atoms with E-state index in [1.165, 1.54) is 77.0 Å². The van der Waals surface area contributed by atoms with Crippen LogP contribution < -0.4 is 5.73 Å². The minimum atomic E-state index is 0.552. The van der Waals surface area contributed by atoms with Gasteiger partial charge < -0.3 is 10.3 Å². The Bertz CT molecular complexity index is 332. The fourth-order valence-corrected chi connectivity index (χ4v) is 3.02. The van der Waals surface area contributed by atoms with Gasteiger partial charge in [-0.1, -0.05) is 78.1 Å². The third kappa shape index (κ3) is 7.54. The Balaban J connectivity index is 2.34. The lowest BCUT2D eigenvalue weighted by molar-refractivity contribution is 0.398. The molecule has 0 aliphatic rings. The lowest BCUT2D eigenvalue weighted by atomic mass is 10.0. The Morgan fingerprint density at radius 3 is 1.86 bits per heavy atom. The SMILES string of the molecule is CCCCCCCC(CCCCCCC)n1ccnc1N. The summed E-state index contributed by atoms with van der Waals surface area (Å²) in [5.74, 6) is 0.683. The molecule has 2 N–H and O–H groups in total. The third-order valence-corrected chi connectivity index (χ3v) is 4.37. The third-order valence-electron chi connectivity index (χ3n) is 4.37. The molecule has 3 nitrogen and oxygen atoms in total. The molecular formula is C18H35N3. The van der Waals surface area contributed by atoms with E-state index in [0.29, 0.717) is 12.0 Å². The fourth-order valence-electron chi connectivity index (χ4n) is 3.02. The van der Waals surface area contributed by atoms with Crippen LogP contribution in [0, 0.1) is 0 Å². The van der Waals surface area contributed by atoms with Crippen molar-refractivity contribution in [1.29, 1.82) is 0 Å². The lowest BCUT2D eigenvalue weighted by Gasteiger charge is -2.20. The molecule has 0 bridgehead atoms. The van der Waals surface area contributed by atoms with Crippen LogP contribution in [0.1, 0.15) is 96.9 Å². The molecule has 0 aromatic carbocycles. The molecule has 21 heavy (non-hydrogen) atoms. The Morgan fingerprint density at radius 2 is 1.43 bits per heavy atom. The van der Waals surface area contributed by atoms with E-state index in [9.17, 15) is 0 Å². The topological polar surface area (TPSA) is 43.8 Å². The molecule has 0 spiro atoms. The number of hydrogen-bond donors (Lipinski definition) is 1. The average molecular weight is 293 g/mol. The van der Waals surface area contributed by atoms with Gasteiger partial charge in [0.2, 0.25) is 0 Å². The van der Waals surface area contributed by atoms with Crippen molar-refractivity contribution in [2.24, 2.45) is 0 Å². The van der Waals surface area contributed by atoms with Crippen molar-refractivity contribution < 1.29 is 0 Å². The van der Waals surface area contributed by atoms with E-state index in [1.807, 2.05) is 6.20 Å². The van der Waals surface area contributed by atoms with Gasteiger partial charge in [-0.2, -0.15) is 0 Å². The molecule has 1 heterocycles. The van der Waals surface area contributed by atoms with Gasteiger partial charge in [-0.25, -0.2) is 4.98 Å². The number of anilines is 1. The Labute approximate surface area is 131 Å². The molecule has 0 aliphatic heterocycles. The van der Waals surface area contributed by atoms with Gasteiger partial charge in [0.1, 0.15) is 0 Å². The van der Waals surface area contributed by atoms with Crippen molar-refractivity contribution >= 4 is 5.95 Å². The van der Waals surface area contributed by atoms with Crippen molar-refractivity contribution in [3.05, 3.63) is 12.4 Å². The standard InChI is InChI=1S/C18H35N3/c1-3-5-7-9-11-13-17(14-12-10-8-6-4-2)21-16-15-20-18(21)19/h15-17H,3-14H2,1-2H3,(H2,19,20). The van der Waals surface area contributed by atoms with Crippen LogP contribution in [0.15, 0.2) is 12.4 Å². The summed E-state index contributed by atoms with van der Waals surface area (Å²) in [6.07, 6.45) is 19.8. The smallest absolute Gasteiger partial charge is 0.200 e. The molecule has 1 rings (SSSR count). The first-order valence-electron chi connectivity index (χ1n) is 9.07. The maximum Gasteiger partial charge on any atom is 0.200 e. The van der Waals surface area contributed by atoms with E-state index < -0.39 is 0 Å². The average Bonchev–Trinajstić information content (AvgIpc) is 2.91. The first-order chi connectivity index (χ1) is 10.3. The number of aromatic nitrogens is 2. The highest BCUT2D eigenvalue weighted by Gasteiger charge is 2.12. The molecule has 0 saturated carbocycles. The molecule has 0 saturated heterocycles. The van der Waals surface area contributed by atoms with Gasteiger partial charge in [0.05, 0.1) is 0 Å². The predicted octanol–water partition coefficient (Wildman–Crippen LogP) is 5.73. The highest BCUT2D eigenvalue weighted by molar-refractivity contribution is 5.17. The summed E-state index contributed by atoms with van der Waals surface area (Å²) in [5, 5.41) is 0. The van der Waals surface area contributed by atoms with Crippen LogP contribution in [0.3, 0.4) is 0 Å². The molecule has 0 fully saturated rings. The van der Waals surface area contributed by atoms with Gasteiger partial charge in [0, 0.05) is 18.4 Å². The molecular weight excluding hydrogens is 258 g/mol. The predicted molar refractivity (Wildman–Crippen MR) is 92.4 cm³/mol. The Morgan fingerprint density at radius 1 is 0.905 bits per heavy atom. The first-order valence-corrected chi connectivity index (χ1v) is 9.07. The van der Waals surface area contributed by atoms with E-state index in [0.717, 1.165) is 0 Å². The summed E-state index contributed by atoms with van der Waals surface area (Å²) in [5.41, 5.74) is 6.00. The van der Waals surface area contributed by atoms with E-state index in [2.05, 4.69) is 29.6 Å². The monoisotopic (exact) mass is 293 g/mol. The number of nitrogens with two attached hydrogens (primary N) is 1. The van der Waals surface area contributed by atoms with Crippen LogP contribution in [-0.2, 0) is 0 Å². The summed E-state index contributed by atoms with van der Waals surface area (Å²) >= 11 is 0. The van der Waals surface area contributed by atoms with Crippen LogP contribution in [0.2, 0.25) is 0 Å². The zero-order valence-electron chi connectivity index (χ0n) is 14.2. The van der Waals surface area contributed by atoms with Gasteiger partial charge in [0.25, 0.3) is 0 Å². The summed E-state index contributed by atoms with van der Waals surface area (Å²) in [6.45, 7) is 4.54. The molecule has 0 aliphatic carbocycles. The number of unbranched alkanes of at least 4 members (excludes halogenated alkanes) is 8. The zero-order valence-corrected chi connectivity index (χ0v) is 14.2. The van der Waals surface area contributed by atoms with E-state index in [-0.39, 0.29) is 0 Å². The summed E-state index contributed by atoms with van der Waals surface area (Å²) in [6, 6.07) is 0.552. The molecule has 0 amide bonds. The van der Waals surface area contributed by atoms with Gasteiger partial charge in [0.15, 0.2) is 5.95 Å². The van der Waals surface area contributed by atoms with Crippen LogP contribution in [0.5, 0.6) is 0 Å². The number of imidazole rings is 1. The van der Waals surface area contributed by atoms with Crippen molar-refractivity contribution in [3.8, 4) is 0 Å². The number of hydrogen-bond acceptors (Lipinski definition) is 2. The molecule has 3 heteroatoms. The van der Waals surface area contributed by atoms with Crippen LogP contribution in [0.4, 0.5) is 5.95 Å². The quantitative estimate of drug-likeness (QED) is 0.472. The van der Waals surface area contributed by atoms with Crippen LogP contribution in [0.25, 0.3) is 0 Å². The molecule has 0 radical (unpaired) electrons. The number of nitrogens with zero attached hydrogens (tertiary/aromatic N) is 2. The Kier molecular flexibility index (Phi) is 10.0. The van der Waals surface area contributed by atoms with Crippen molar-refractivity contribution in [2.45, 2.75) is 96.9 Å². The maximum atomic E-state index is 6.00. The second-order valence-corrected chi connectivity index (χ2v) is 6.25. The normalized spacial score (nSPS) is 11.4. The maximum absolute atomic E-state index is 6.00. The van der Waals surface area contributed by atoms with E-state index >= 15 is 0 Å². The summed E-state index contributed by atoms with van der Waals surface area (Å²) in [4.78, 5) is 4.19. The van der Waals surface area contributed by atoms with Crippen molar-refractivity contribution in [3.63, 3.8) is 0 Å². The highest BCUT2D eigenvalue weighted by atomic mass is 15.2. The lowest BCUT2D eigenvalue weighted by Crippen LogP contribution is -2.11. The number of nitrogen functional groups attached to an aromatic ring is 1. The minimum Gasteiger partial charge on any atom is -0.369 e. The second-order valence-electron chi connectivity index (χ2n) is 6.25.